The minimum atomic E-state index is -0.0724. The van der Waals surface area contributed by atoms with E-state index in [9.17, 15) is 4.79 Å². The molecular formula is C27H44N2O. The first kappa shape index (κ1) is 24.6. The van der Waals surface area contributed by atoms with Crippen LogP contribution >= 0.6 is 0 Å². The zero-order valence-corrected chi connectivity index (χ0v) is 19.6. The fourth-order valence-electron chi connectivity index (χ4n) is 4.29. The summed E-state index contributed by atoms with van der Waals surface area (Å²) in [7, 11) is 0. The number of carbonyl (C=O) groups excluding carboxylic acids is 1. The molecule has 0 saturated carbocycles. The van der Waals surface area contributed by atoms with Crippen molar-refractivity contribution in [1.82, 2.24) is 0 Å². The number of benzene rings is 1. The van der Waals surface area contributed by atoms with Gasteiger partial charge in [0, 0.05) is 0 Å². The number of hydrogen-bond acceptors (Lipinski definition) is 2. The van der Waals surface area contributed by atoms with Crippen LogP contribution in [-0.4, -0.2) is 11.6 Å². The molecule has 1 aromatic rings. The van der Waals surface area contributed by atoms with Gasteiger partial charge >= 0.3 is 0 Å². The van der Waals surface area contributed by atoms with Crippen molar-refractivity contribution in [3.05, 3.63) is 30.3 Å². The van der Waals surface area contributed by atoms with Crippen molar-refractivity contribution < 1.29 is 4.79 Å². The van der Waals surface area contributed by atoms with Crippen LogP contribution in [0, 0.1) is 5.92 Å². The third-order valence-corrected chi connectivity index (χ3v) is 6.34. The van der Waals surface area contributed by atoms with Crippen LogP contribution in [0.4, 0.5) is 5.69 Å². The molecular weight excluding hydrogens is 368 g/mol. The highest BCUT2D eigenvalue weighted by Gasteiger charge is 2.32. The van der Waals surface area contributed by atoms with Crippen LogP contribution in [0.1, 0.15) is 117 Å². The van der Waals surface area contributed by atoms with Crippen molar-refractivity contribution in [3.8, 4) is 0 Å². The summed E-state index contributed by atoms with van der Waals surface area (Å²) < 4.78 is 0. The molecule has 1 heterocycles. The quantitative estimate of drug-likeness (QED) is 0.237. The van der Waals surface area contributed by atoms with Crippen LogP contribution in [0.25, 0.3) is 0 Å². The Morgan fingerprint density at radius 1 is 0.733 bits per heavy atom. The van der Waals surface area contributed by atoms with E-state index < -0.39 is 0 Å². The molecule has 0 N–H and O–H groups in total. The number of unbranched alkanes of at least 4 members (excludes halogenated alkanes) is 14. The topological polar surface area (TPSA) is 32.7 Å². The number of carbonyl (C=O) groups is 1. The Morgan fingerprint density at radius 3 is 1.70 bits per heavy atom. The summed E-state index contributed by atoms with van der Waals surface area (Å²) in [5, 5.41) is 6.21. The second-order valence-electron chi connectivity index (χ2n) is 9.00. The summed E-state index contributed by atoms with van der Waals surface area (Å²) in [4.78, 5) is 12.5. The SMILES string of the molecule is CCCCCCCCCCCCCCCCCC1=NN(c2ccccc2)C(=O)C1C. The molecule has 0 aromatic heterocycles. The number of rotatable bonds is 17. The number of hydrogen-bond donors (Lipinski definition) is 0. The Balaban J connectivity index is 1.45. The van der Waals surface area contributed by atoms with Crippen LogP contribution in [0.2, 0.25) is 0 Å². The molecule has 0 spiro atoms. The average molecular weight is 413 g/mol. The van der Waals surface area contributed by atoms with Crippen LogP contribution in [0.3, 0.4) is 0 Å². The molecule has 30 heavy (non-hydrogen) atoms. The molecule has 1 aromatic carbocycles. The summed E-state index contributed by atoms with van der Waals surface area (Å²) in [5.74, 6) is 0.0361. The fraction of sp³-hybridized carbons (Fsp3) is 0.704. The van der Waals surface area contributed by atoms with Gasteiger partial charge in [0.25, 0.3) is 5.91 Å². The monoisotopic (exact) mass is 412 g/mol. The Labute approximate surface area is 185 Å². The zero-order valence-electron chi connectivity index (χ0n) is 19.6. The lowest BCUT2D eigenvalue weighted by molar-refractivity contribution is -0.119. The molecule has 2 rings (SSSR count). The van der Waals surface area contributed by atoms with E-state index in [2.05, 4.69) is 12.0 Å². The number of amides is 1. The Morgan fingerprint density at radius 2 is 1.20 bits per heavy atom. The molecule has 0 saturated heterocycles. The van der Waals surface area contributed by atoms with E-state index in [0.717, 1.165) is 24.2 Å². The van der Waals surface area contributed by atoms with Gasteiger partial charge in [-0.2, -0.15) is 5.10 Å². The van der Waals surface area contributed by atoms with E-state index in [1.54, 1.807) is 5.01 Å². The van der Waals surface area contributed by atoms with E-state index >= 15 is 0 Å². The molecule has 1 aliphatic rings. The van der Waals surface area contributed by atoms with Gasteiger partial charge in [-0.1, -0.05) is 115 Å². The summed E-state index contributed by atoms with van der Waals surface area (Å²) in [6, 6.07) is 9.77. The van der Waals surface area contributed by atoms with Crippen molar-refractivity contribution in [3.63, 3.8) is 0 Å². The summed E-state index contributed by atoms with van der Waals surface area (Å²) in [5.41, 5.74) is 1.93. The number of nitrogens with zero attached hydrogens (tertiary/aromatic N) is 2. The first-order chi connectivity index (χ1) is 14.7. The molecule has 1 unspecified atom stereocenters. The molecule has 1 amide bonds. The van der Waals surface area contributed by atoms with Crippen molar-refractivity contribution in [1.29, 1.82) is 0 Å². The average Bonchev–Trinajstić information content (AvgIpc) is 3.05. The van der Waals surface area contributed by atoms with Crippen LogP contribution in [-0.2, 0) is 4.79 Å². The molecule has 0 fully saturated rings. The van der Waals surface area contributed by atoms with E-state index in [1.165, 1.54) is 89.9 Å². The highest BCUT2D eigenvalue weighted by atomic mass is 16.2. The van der Waals surface area contributed by atoms with E-state index in [-0.39, 0.29) is 11.8 Å². The molecule has 3 heteroatoms. The minimum Gasteiger partial charge on any atom is -0.272 e. The summed E-state index contributed by atoms with van der Waals surface area (Å²) in [6.45, 7) is 4.28. The van der Waals surface area contributed by atoms with Gasteiger partial charge in [0.2, 0.25) is 0 Å². The second-order valence-corrected chi connectivity index (χ2v) is 9.00. The molecule has 0 aliphatic carbocycles. The van der Waals surface area contributed by atoms with E-state index in [1.807, 2.05) is 37.3 Å². The molecule has 0 radical (unpaired) electrons. The summed E-state index contributed by atoms with van der Waals surface area (Å²) >= 11 is 0. The number of para-hydroxylation sites is 1. The molecule has 168 valence electrons. The smallest absolute Gasteiger partial charge is 0.255 e. The van der Waals surface area contributed by atoms with Crippen molar-refractivity contribution in [2.45, 2.75) is 117 Å². The van der Waals surface area contributed by atoms with Crippen molar-refractivity contribution in [2.75, 3.05) is 5.01 Å². The van der Waals surface area contributed by atoms with Crippen LogP contribution in [0.15, 0.2) is 35.4 Å². The van der Waals surface area contributed by atoms with Gasteiger partial charge in [-0.25, -0.2) is 5.01 Å². The Bertz CT molecular complexity index is 611. The molecule has 1 aliphatic heterocycles. The first-order valence-electron chi connectivity index (χ1n) is 12.7. The van der Waals surface area contributed by atoms with Crippen LogP contribution < -0.4 is 5.01 Å². The van der Waals surface area contributed by atoms with Crippen molar-refractivity contribution >= 4 is 17.3 Å². The number of hydrazone groups is 1. The van der Waals surface area contributed by atoms with Gasteiger partial charge in [-0.05, 0) is 31.9 Å². The second kappa shape index (κ2) is 15.2. The lowest BCUT2D eigenvalue weighted by Crippen LogP contribution is -2.25. The maximum absolute atomic E-state index is 12.5. The fourth-order valence-corrected chi connectivity index (χ4v) is 4.29. The highest BCUT2D eigenvalue weighted by molar-refractivity contribution is 6.15. The number of anilines is 1. The van der Waals surface area contributed by atoms with Gasteiger partial charge in [0.05, 0.1) is 17.3 Å². The Kier molecular flexibility index (Phi) is 12.5. The summed E-state index contributed by atoms with van der Waals surface area (Å²) in [6.07, 6.45) is 21.6. The lowest BCUT2D eigenvalue weighted by atomic mass is 9.99. The van der Waals surface area contributed by atoms with Crippen molar-refractivity contribution in [2.24, 2.45) is 11.0 Å². The standard InChI is InChI=1S/C27H44N2O/c1-3-4-5-6-7-8-9-10-11-12-13-14-15-16-20-23-26-24(2)27(30)29(28-26)25-21-18-17-19-22-25/h17-19,21-22,24H,3-16,20,23H2,1-2H3. The predicted molar refractivity (Wildman–Crippen MR) is 130 cm³/mol. The minimum absolute atomic E-state index is 0.0724. The maximum atomic E-state index is 12.5. The molecule has 0 bridgehead atoms. The normalized spacial score (nSPS) is 16.3. The van der Waals surface area contributed by atoms with Gasteiger partial charge in [-0.3, -0.25) is 4.79 Å². The van der Waals surface area contributed by atoms with Gasteiger partial charge in [-0.15, -0.1) is 0 Å². The molecule has 3 nitrogen and oxygen atoms in total. The first-order valence-corrected chi connectivity index (χ1v) is 12.7. The van der Waals surface area contributed by atoms with Crippen LogP contribution in [0.5, 0.6) is 0 Å². The van der Waals surface area contributed by atoms with E-state index in [4.69, 9.17) is 0 Å². The molecule has 1 atom stereocenters. The highest BCUT2D eigenvalue weighted by Crippen LogP contribution is 2.25. The lowest BCUT2D eigenvalue weighted by Gasteiger charge is -2.11. The van der Waals surface area contributed by atoms with Gasteiger partial charge in [0.15, 0.2) is 0 Å². The zero-order chi connectivity index (χ0) is 21.4. The van der Waals surface area contributed by atoms with E-state index in [0.29, 0.717) is 0 Å². The largest absolute Gasteiger partial charge is 0.272 e. The van der Waals surface area contributed by atoms with Gasteiger partial charge < -0.3 is 0 Å². The third-order valence-electron chi connectivity index (χ3n) is 6.34. The van der Waals surface area contributed by atoms with Gasteiger partial charge in [0.1, 0.15) is 0 Å². The Hall–Kier alpha value is -1.64. The third kappa shape index (κ3) is 9.02. The predicted octanol–water partition coefficient (Wildman–Crippen LogP) is 8.29. The maximum Gasteiger partial charge on any atom is 0.255 e.